The topological polar surface area (TPSA) is 46.6 Å². The lowest BCUT2D eigenvalue weighted by molar-refractivity contribution is 0.0604. The zero-order valence-electron chi connectivity index (χ0n) is 12.1. The number of sulfonamides is 1. The van der Waals surface area contributed by atoms with Crippen molar-refractivity contribution in [1.29, 1.82) is 0 Å². The number of nitrogens with zero attached hydrogens (tertiary/aromatic N) is 1. The van der Waals surface area contributed by atoms with Crippen molar-refractivity contribution in [3.63, 3.8) is 0 Å². The van der Waals surface area contributed by atoms with E-state index in [4.69, 9.17) is 27.9 Å². The Balaban J connectivity index is 2.34. The van der Waals surface area contributed by atoms with E-state index >= 15 is 0 Å². The van der Waals surface area contributed by atoms with E-state index in [9.17, 15) is 8.42 Å². The fraction of sp³-hybridized carbons (Fsp3) is 0.571. The number of rotatable bonds is 4. The van der Waals surface area contributed by atoms with Gasteiger partial charge in [0.2, 0.25) is 10.0 Å². The molecule has 1 fully saturated rings. The summed E-state index contributed by atoms with van der Waals surface area (Å²) in [5.74, 6) is 0.237. The Kier molecular flexibility index (Phi) is 5.54. The number of alkyl halides is 1. The molecule has 1 aromatic rings. The van der Waals surface area contributed by atoms with Crippen LogP contribution in [0.4, 0.5) is 0 Å². The van der Waals surface area contributed by atoms with E-state index < -0.39 is 10.0 Å². The third-order valence-electron chi connectivity index (χ3n) is 3.93. The normalized spacial score (nSPS) is 18.1. The monoisotopic (exact) mass is 351 g/mol. The second-order valence-corrected chi connectivity index (χ2v) is 7.77. The minimum absolute atomic E-state index is 0.135. The van der Waals surface area contributed by atoms with E-state index in [-0.39, 0.29) is 16.9 Å². The van der Waals surface area contributed by atoms with E-state index in [1.54, 1.807) is 20.1 Å². The van der Waals surface area contributed by atoms with Crippen LogP contribution < -0.4 is 0 Å². The van der Waals surface area contributed by atoms with Crippen molar-refractivity contribution in [2.75, 3.05) is 20.2 Å². The van der Waals surface area contributed by atoms with Crippen LogP contribution in [-0.2, 0) is 20.6 Å². The minimum Gasteiger partial charge on any atom is -0.381 e. The van der Waals surface area contributed by atoms with E-state index in [1.165, 1.54) is 10.4 Å². The number of piperidine rings is 1. The summed E-state index contributed by atoms with van der Waals surface area (Å²) in [5.41, 5.74) is 1.41. The smallest absolute Gasteiger partial charge is 0.243 e. The number of ether oxygens (including phenoxy) is 1. The quantitative estimate of drug-likeness (QED) is 0.782. The van der Waals surface area contributed by atoms with Crippen molar-refractivity contribution in [3.8, 4) is 0 Å². The molecule has 0 radical (unpaired) electrons. The molecule has 7 heteroatoms. The summed E-state index contributed by atoms with van der Waals surface area (Å²) in [5, 5.41) is 0.390. The zero-order valence-corrected chi connectivity index (χ0v) is 14.4. The highest BCUT2D eigenvalue weighted by Gasteiger charge is 2.31. The second kappa shape index (κ2) is 6.84. The SMILES string of the molecule is COC1CCN(S(=O)(=O)c2cc(Cl)cc(CCl)c2C)CC1. The van der Waals surface area contributed by atoms with Crippen LogP contribution >= 0.6 is 23.2 Å². The minimum atomic E-state index is -3.54. The summed E-state index contributed by atoms with van der Waals surface area (Å²) >= 11 is 11.9. The van der Waals surface area contributed by atoms with Crippen LogP contribution in [0.25, 0.3) is 0 Å². The summed E-state index contributed by atoms with van der Waals surface area (Å²) in [6, 6.07) is 3.21. The first-order chi connectivity index (χ1) is 9.90. The average molecular weight is 352 g/mol. The first-order valence-corrected chi connectivity index (χ1v) is 9.13. The summed E-state index contributed by atoms with van der Waals surface area (Å²) < 4.78 is 32.4. The molecule has 0 aliphatic carbocycles. The lowest BCUT2D eigenvalue weighted by Crippen LogP contribution is -2.40. The van der Waals surface area contributed by atoms with Gasteiger partial charge in [0, 0.05) is 31.1 Å². The van der Waals surface area contributed by atoms with Crippen molar-refractivity contribution in [3.05, 3.63) is 28.3 Å². The van der Waals surface area contributed by atoms with Crippen LogP contribution in [0, 0.1) is 6.92 Å². The van der Waals surface area contributed by atoms with Gasteiger partial charge in [-0.1, -0.05) is 11.6 Å². The van der Waals surface area contributed by atoms with Crippen molar-refractivity contribution >= 4 is 33.2 Å². The largest absolute Gasteiger partial charge is 0.381 e. The average Bonchev–Trinajstić information content (AvgIpc) is 2.49. The molecule has 0 spiro atoms. The van der Waals surface area contributed by atoms with E-state index in [0.29, 0.717) is 36.5 Å². The summed E-state index contributed by atoms with van der Waals surface area (Å²) in [6.07, 6.45) is 1.55. The number of methoxy groups -OCH3 is 1. The number of hydrogen-bond donors (Lipinski definition) is 0. The van der Waals surface area contributed by atoms with E-state index in [1.807, 2.05) is 0 Å². The zero-order chi connectivity index (χ0) is 15.6. The third kappa shape index (κ3) is 3.54. The number of benzene rings is 1. The van der Waals surface area contributed by atoms with Gasteiger partial charge in [-0.15, -0.1) is 11.6 Å². The summed E-state index contributed by atoms with van der Waals surface area (Å²) in [6.45, 7) is 2.69. The molecule has 21 heavy (non-hydrogen) atoms. The predicted octanol–water partition coefficient (Wildman–Crippen LogP) is 3.19. The molecule has 1 aliphatic heterocycles. The highest BCUT2D eigenvalue weighted by atomic mass is 35.5. The fourth-order valence-electron chi connectivity index (χ4n) is 2.56. The van der Waals surface area contributed by atoms with Gasteiger partial charge in [-0.3, -0.25) is 0 Å². The van der Waals surface area contributed by atoms with Crippen LogP contribution in [-0.4, -0.2) is 39.0 Å². The lowest BCUT2D eigenvalue weighted by atomic mass is 10.1. The standard InChI is InChI=1S/C14H19Cl2NO3S/c1-10-11(9-15)7-12(16)8-14(10)21(18,19)17-5-3-13(20-2)4-6-17/h7-8,13H,3-6,9H2,1-2H3. The maximum absolute atomic E-state index is 12.8. The van der Waals surface area contributed by atoms with E-state index in [0.717, 1.165) is 5.56 Å². The Morgan fingerprint density at radius 1 is 1.33 bits per heavy atom. The molecule has 1 heterocycles. The van der Waals surface area contributed by atoms with Gasteiger partial charge >= 0.3 is 0 Å². The van der Waals surface area contributed by atoms with Gasteiger partial charge in [-0.2, -0.15) is 4.31 Å². The molecular formula is C14H19Cl2NO3S. The van der Waals surface area contributed by atoms with Crippen molar-refractivity contribution in [2.24, 2.45) is 0 Å². The van der Waals surface area contributed by atoms with Gasteiger partial charge < -0.3 is 4.74 Å². The summed E-state index contributed by atoms with van der Waals surface area (Å²) in [4.78, 5) is 0.251. The first kappa shape index (κ1) is 17.0. The Bertz CT molecular complexity index is 611. The molecule has 1 aromatic carbocycles. The maximum atomic E-state index is 12.8. The molecule has 0 bridgehead atoms. The molecule has 1 saturated heterocycles. The molecule has 0 saturated carbocycles. The number of halogens is 2. The van der Waals surface area contributed by atoms with Crippen molar-refractivity contribution in [1.82, 2.24) is 4.31 Å². The Labute approximate surface area is 136 Å². The predicted molar refractivity (Wildman–Crippen MR) is 84.5 cm³/mol. The molecule has 0 amide bonds. The van der Waals surface area contributed by atoms with Gasteiger partial charge in [0.05, 0.1) is 11.0 Å². The molecule has 118 valence electrons. The third-order valence-corrected chi connectivity index (χ3v) is 6.46. The van der Waals surface area contributed by atoms with Crippen LogP contribution in [0.5, 0.6) is 0 Å². The molecule has 0 unspecified atom stereocenters. The van der Waals surface area contributed by atoms with Gasteiger partial charge in [-0.05, 0) is 43.0 Å². The van der Waals surface area contributed by atoms with Crippen LogP contribution in [0.3, 0.4) is 0 Å². The van der Waals surface area contributed by atoms with Crippen molar-refractivity contribution in [2.45, 2.75) is 36.6 Å². The Morgan fingerprint density at radius 2 is 1.95 bits per heavy atom. The maximum Gasteiger partial charge on any atom is 0.243 e. The van der Waals surface area contributed by atoms with E-state index in [2.05, 4.69) is 0 Å². The highest BCUT2D eigenvalue weighted by Crippen LogP contribution is 2.29. The highest BCUT2D eigenvalue weighted by molar-refractivity contribution is 7.89. The number of hydrogen-bond acceptors (Lipinski definition) is 3. The van der Waals surface area contributed by atoms with Crippen LogP contribution in [0.1, 0.15) is 24.0 Å². The molecule has 0 atom stereocenters. The van der Waals surface area contributed by atoms with Gasteiger partial charge in [0.15, 0.2) is 0 Å². The van der Waals surface area contributed by atoms with Crippen LogP contribution in [0.15, 0.2) is 17.0 Å². The first-order valence-electron chi connectivity index (χ1n) is 6.78. The molecular weight excluding hydrogens is 333 g/mol. The Morgan fingerprint density at radius 3 is 2.48 bits per heavy atom. The second-order valence-electron chi connectivity index (χ2n) is 5.16. The van der Waals surface area contributed by atoms with Gasteiger partial charge in [0.25, 0.3) is 0 Å². The fourth-order valence-corrected chi connectivity index (χ4v) is 4.91. The molecule has 4 nitrogen and oxygen atoms in total. The van der Waals surface area contributed by atoms with Crippen LogP contribution in [0.2, 0.25) is 5.02 Å². The van der Waals surface area contributed by atoms with Crippen molar-refractivity contribution < 1.29 is 13.2 Å². The molecule has 0 N–H and O–H groups in total. The summed E-state index contributed by atoms with van der Waals surface area (Å²) in [7, 11) is -1.89. The van der Waals surface area contributed by atoms with Gasteiger partial charge in [-0.25, -0.2) is 8.42 Å². The molecule has 2 rings (SSSR count). The molecule has 1 aliphatic rings. The lowest BCUT2D eigenvalue weighted by Gasteiger charge is -2.31. The Hall–Kier alpha value is -0.330. The molecule has 0 aromatic heterocycles. The van der Waals surface area contributed by atoms with Gasteiger partial charge in [0.1, 0.15) is 0 Å².